The van der Waals surface area contributed by atoms with Crippen molar-refractivity contribution < 1.29 is 19.4 Å². The molecule has 22 heavy (non-hydrogen) atoms. The summed E-state index contributed by atoms with van der Waals surface area (Å²) in [6, 6.07) is 7.16. The maximum atomic E-state index is 12.4. The summed E-state index contributed by atoms with van der Waals surface area (Å²) in [5.41, 5.74) is 5.92. The molecule has 1 aromatic carbocycles. The lowest BCUT2D eigenvalue weighted by Gasteiger charge is -2.34. The van der Waals surface area contributed by atoms with Gasteiger partial charge in [-0.15, -0.1) is 0 Å². The van der Waals surface area contributed by atoms with Crippen molar-refractivity contribution in [1.82, 2.24) is 5.32 Å². The first-order chi connectivity index (χ1) is 10.6. The first-order valence-corrected chi connectivity index (χ1v) is 7.49. The number of benzene rings is 1. The number of nitrogens with one attached hydrogen (secondary N) is 1. The summed E-state index contributed by atoms with van der Waals surface area (Å²) >= 11 is 0. The fourth-order valence-corrected chi connectivity index (χ4v) is 2.63. The van der Waals surface area contributed by atoms with Gasteiger partial charge in [0.05, 0.1) is 18.6 Å². The predicted octanol–water partition coefficient (Wildman–Crippen LogP) is 0.600. The normalized spacial score (nSPS) is 18.5. The molecule has 1 heterocycles. The first-order valence-electron chi connectivity index (χ1n) is 7.49. The molecule has 1 aliphatic heterocycles. The lowest BCUT2D eigenvalue weighted by atomic mass is 9.79. The SMILES string of the molecule is COc1cccc(C(O)CNC(=O)C2(CN)CCOCC2)c1. The number of aliphatic hydroxyl groups is 1. The summed E-state index contributed by atoms with van der Waals surface area (Å²) in [7, 11) is 1.57. The average Bonchev–Trinajstić information content (AvgIpc) is 2.59. The van der Waals surface area contributed by atoms with E-state index in [0.29, 0.717) is 37.4 Å². The Morgan fingerprint density at radius 2 is 2.23 bits per heavy atom. The Morgan fingerprint density at radius 1 is 1.50 bits per heavy atom. The third kappa shape index (κ3) is 3.76. The van der Waals surface area contributed by atoms with Gasteiger partial charge in [-0.1, -0.05) is 12.1 Å². The number of rotatable bonds is 6. The minimum atomic E-state index is -0.784. The second kappa shape index (κ2) is 7.58. The molecule has 1 atom stereocenters. The average molecular weight is 308 g/mol. The standard InChI is InChI=1S/C16H24N2O4/c1-21-13-4-2-3-12(9-13)14(19)10-18-15(20)16(11-17)5-7-22-8-6-16/h2-4,9,14,19H,5-8,10-11,17H2,1H3,(H,18,20). The summed E-state index contributed by atoms with van der Waals surface area (Å²) in [6.45, 7) is 1.53. The number of amides is 1. The van der Waals surface area contributed by atoms with E-state index in [9.17, 15) is 9.90 Å². The molecule has 2 rings (SSSR count). The van der Waals surface area contributed by atoms with Gasteiger partial charge in [0.15, 0.2) is 0 Å². The maximum absolute atomic E-state index is 12.4. The number of nitrogens with two attached hydrogens (primary N) is 1. The third-order valence-corrected chi connectivity index (χ3v) is 4.26. The number of carbonyl (C=O) groups excluding carboxylic acids is 1. The minimum Gasteiger partial charge on any atom is -0.497 e. The summed E-state index contributed by atoms with van der Waals surface area (Å²) in [6.07, 6.45) is 0.448. The van der Waals surface area contributed by atoms with Crippen LogP contribution in [0.15, 0.2) is 24.3 Å². The molecule has 1 amide bonds. The van der Waals surface area contributed by atoms with E-state index in [1.54, 1.807) is 31.4 Å². The van der Waals surface area contributed by atoms with E-state index >= 15 is 0 Å². The number of aliphatic hydroxyl groups excluding tert-OH is 1. The Bertz CT molecular complexity index is 501. The molecular formula is C16H24N2O4. The molecule has 1 aliphatic rings. The van der Waals surface area contributed by atoms with Crippen LogP contribution < -0.4 is 15.8 Å². The molecule has 1 aromatic rings. The highest BCUT2D eigenvalue weighted by Gasteiger charge is 2.38. The summed E-state index contributed by atoms with van der Waals surface area (Å²) in [4.78, 5) is 12.4. The van der Waals surface area contributed by atoms with Crippen molar-refractivity contribution in [3.05, 3.63) is 29.8 Å². The van der Waals surface area contributed by atoms with Crippen molar-refractivity contribution in [1.29, 1.82) is 0 Å². The molecule has 0 saturated carbocycles. The fraction of sp³-hybridized carbons (Fsp3) is 0.562. The molecule has 6 heteroatoms. The lowest BCUT2D eigenvalue weighted by molar-refractivity contribution is -0.136. The van der Waals surface area contributed by atoms with Crippen LogP contribution >= 0.6 is 0 Å². The Morgan fingerprint density at radius 3 is 2.86 bits per heavy atom. The van der Waals surface area contributed by atoms with E-state index in [1.165, 1.54) is 0 Å². The van der Waals surface area contributed by atoms with Crippen LogP contribution in [0.3, 0.4) is 0 Å². The number of methoxy groups -OCH3 is 1. The van der Waals surface area contributed by atoms with E-state index in [-0.39, 0.29) is 19.0 Å². The first kappa shape index (κ1) is 16.7. The number of ether oxygens (including phenoxy) is 2. The lowest BCUT2D eigenvalue weighted by Crippen LogP contribution is -2.49. The molecule has 122 valence electrons. The van der Waals surface area contributed by atoms with Crippen molar-refractivity contribution in [2.45, 2.75) is 18.9 Å². The Labute approximate surface area is 130 Å². The van der Waals surface area contributed by atoms with Crippen LogP contribution in [0.2, 0.25) is 0 Å². The fourth-order valence-electron chi connectivity index (χ4n) is 2.63. The highest BCUT2D eigenvalue weighted by Crippen LogP contribution is 2.29. The van der Waals surface area contributed by atoms with Crippen LogP contribution in [0.4, 0.5) is 0 Å². The zero-order chi connectivity index (χ0) is 16.0. The zero-order valence-corrected chi connectivity index (χ0v) is 12.9. The minimum absolute atomic E-state index is 0.111. The zero-order valence-electron chi connectivity index (χ0n) is 12.9. The van der Waals surface area contributed by atoms with Crippen LogP contribution in [0.25, 0.3) is 0 Å². The van der Waals surface area contributed by atoms with Gasteiger partial charge in [0.25, 0.3) is 0 Å². The predicted molar refractivity (Wildman–Crippen MR) is 82.5 cm³/mol. The number of carbonyl (C=O) groups is 1. The molecule has 0 radical (unpaired) electrons. The second-order valence-corrected chi connectivity index (χ2v) is 5.60. The van der Waals surface area contributed by atoms with Crippen LogP contribution in [-0.4, -0.2) is 44.4 Å². The van der Waals surface area contributed by atoms with Crippen molar-refractivity contribution in [3.63, 3.8) is 0 Å². The quantitative estimate of drug-likeness (QED) is 0.715. The summed E-state index contributed by atoms with van der Waals surface area (Å²) in [5.74, 6) is 0.561. The van der Waals surface area contributed by atoms with Gasteiger partial charge < -0.3 is 25.6 Å². The number of hydrogen-bond acceptors (Lipinski definition) is 5. The van der Waals surface area contributed by atoms with E-state index in [4.69, 9.17) is 15.2 Å². The van der Waals surface area contributed by atoms with Crippen molar-refractivity contribution >= 4 is 5.91 Å². The van der Waals surface area contributed by atoms with Gasteiger partial charge in [-0.25, -0.2) is 0 Å². The maximum Gasteiger partial charge on any atom is 0.227 e. The van der Waals surface area contributed by atoms with Crippen LogP contribution in [-0.2, 0) is 9.53 Å². The van der Waals surface area contributed by atoms with Crippen molar-refractivity contribution in [3.8, 4) is 5.75 Å². The Balaban J connectivity index is 1.94. The van der Waals surface area contributed by atoms with Crippen molar-refractivity contribution in [2.24, 2.45) is 11.1 Å². The van der Waals surface area contributed by atoms with Gasteiger partial charge in [-0.2, -0.15) is 0 Å². The summed E-state index contributed by atoms with van der Waals surface area (Å²) < 4.78 is 10.4. The molecule has 6 nitrogen and oxygen atoms in total. The van der Waals surface area contributed by atoms with Gasteiger partial charge in [-0.3, -0.25) is 4.79 Å². The van der Waals surface area contributed by atoms with Crippen LogP contribution in [0, 0.1) is 5.41 Å². The molecule has 4 N–H and O–H groups in total. The molecule has 0 spiro atoms. The largest absolute Gasteiger partial charge is 0.497 e. The van der Waals surface area contributed by atoms with Crippen LogP contribution in [0.5, 0.6) is 5.75 Å². The highest BCUT2D eigenvalue weighted by atomic mass is 16.5. The van der Waals surface area contributed by atoms with Gasteiger partial charge >= 0.3 is 0 Å². The van der Waals surface area contributed by atoms with Gasteiger partial charge in [0.2, 0.25) is 5.91 Å². The molecule has 1 unspecified atom stereocenters. The molecular weight excluding hydrogens is 284 g/mol. The number of hydrogen-bond donors (Lipinski definition) is 3. The van der Waals surface area contributed by atoms with Crippen LogP contribution in [0.1, 0.15) is 24.5 Å². The molecule has 1 saturated heterocycles. The molecule has 1 fully saturated rings. The van der Waals surface area contributed by atoms with Gasteiger partial charge in [-0.05, 0) is 30.5 Å². The monoisotopic (exact) mass is 308 g/mol. The van der Waals surface area contributed by atoms with Crippen molar-refractivity contribution in [2.75, 3.05) is 33.4 Å². The third-order valence-electron chi connectivity index (χ3n) is 4.26. The van der Waals surface area contributed by atoms with E-state index in [2.05, 4.69) is 5.32 Å². The van der Waals surface area contributed by atoms with E-state index in [0.717, 1.165) is 0 Å². The molecule has 0 bridgehead atoms. The van der Waals surface area contributed by atoms with Gasteiger partial charge in [0, 0.05) is 26.3 Å². The van der Waals surface area contributed by atoms with E-state index in [1.807, 2.05) is 0 Å². The van der Waals surface area contributed by atoms with E-state index < -0.39 is 11.5 Å². The van der Waals surface area contributed by atoms with Gasteiger partial charge in [0.1, 0.15) is 5.75 Å². The second-order valence-electron chi connectivity index (χ2n) is 5.60. The summed E-state index contributed by atoms with van der Waals surface area (Å²) in [5, 5.41) is 13.0. The molecule has 0 aliphatic carbocycles. The topological polar surface area (TPSA) is 93.8 Å². The smallest absolute Gasteiger partial charge is 0.227 e. The Kier molecular flexibility index (Phi) is 5.76. The highest BCUT2D eigenvalue weighted by molar-refractivity contribution is 5.83. The molecule has 0 aromatic heterocycles. The Hall–Kier alpha value is -1.63.